The molecule has 0 aliphatic carbocycles. The maximum atomic E-state index is 12.7. The van der Waals surface area contributed by atoms with Gasteiger partial charge in [0.2, 0.25) is 0 Å². The molecule has 3 rings (SSSR count). The number of carbonyl (C=O) groups is 1. The number of methoxy groups -OCH3 is 1. The first kappa shape index (κ1) is 18.6. The molecule has 0 aromatic heterocycles. The van der Waals surface area contributed by atoms with Crippen LogP contribution in [0.25, 0.3) is 0 Å². The number of amides is 1. The quantitative estimate of drug-likeness (QED) is 0.753. The van der Waals surface area contributed by atoms with Crippen molar-refractivity contribution in [2.75, 3.05) is 57.2 Å². The number of benzene rings is 1. The minimum Gasteiger partial charge on any atom is -0.496 e. The third-order valence-electron chi connectivity index (χ3n) is 4.91. The van der Waals surface area contributed by atoms with Crippen LogP contribution in [0.4, 0.5) is 5.69 Å². The number of rotatable bonds is 5. The molecular formula is C17H24ClN3O3S. The zero-order valence-electron chi connectivity index (χ0n) is 14.3. The van der Waals surface area contributed by atoms with E-state index in [9.17, 15) is 4.79 Å². The number of nitrogen functional groups attached to an aromatic ring is 1. The van der Waals surface area contributed by atoms with E-state index >= 15 is 0 Å². The number of anilines is 1. The number of morpholine rings is 1. The van der Waals surface area contributed by atoms with Gasteiger partial charge >= 0.3 is 0 Å². The van der Waals surface area contributed by atoms with Crippen LogP contribution in [0.3, 0.4) is 0 Å². The first-order valence-electron chi connectivity index (χ1n) is 8.37. The summed E-state index contributed by atoms with van der Waals surface area (Å²) in [5.41, 5.74) is 6.59. The van der Waals surface area contributed by atoms with E-state index in [-0.39, 0.29) is 11.4 Å². The Morgan fingerprint density at radius 3 is 2.88 bits per heavy atom. The normalized spacial score (nSPS) is 24.2. The van der Waals surface area contributed by atoms with Crippen molar-refractivity contribution in [3.8, 4) is 5.75 Å². The lowest BCUT2D eigenvalue weighted by Gasteiger charge is -2.43. The number of hydrogen-bond acceptors (Lipinski definition) is 6. The number of hydrogen-bond donors (Lipinski definition) is 2. The van der Waals surface area contributed by atoms with Gasteiger partial charge in [0, 0.05) is 37.0 Å². The van der Waals surface area contributed by atoms with Gasteiger partial charge in [0.15, 0.2) is 0 Å². The summed E-state index contributed by atoms with van der Waals surface area (Å²) in [5.74, 6) is 2.38. The Bertz CT molecular complexity index is 632. The van der Waals surface area contributed by atoms with Crippen molar-refractivity contribution < 1.29 is 14.3 Å². The molecule has 2 aliphatic heterocycles. The van der Waals surface area contributed by atoms with Crippen molar-refractivity contribution in [3.63, 3.8) is 0 Å². The molecule has 1 unspecified atom stereocenters. The van der Waals surface area contributed by atoms with Crippen molar-refractivity contribution in [2.45, 2.75) is 12.0 Å². The van der Waals surface area contributed by atoms with E-state index in [0.29, 0.717) is 28.6 Å². The number of carbonyl (C=O) groups excluding carboxylic acids is 1. The Labute approximate surface area is 157 Å². The summed E-state index contributed by atoms with van der Waals surface area (Å²) in [7, 11) is 1.52. The van der Waals surface area contributed by atoms with E-state index < -0.39 is 0 Å². The van der Waals surface area contributed by atoms with Crippen molar-refractivity contribution in [3.05, 3.63) is 22.7 Å². The molecule has 0 radical (unpaired) electrons. The summed E-state index contributed by atoms with van der Waals surface area (Å²) in [6.45, 7) is 3.92. The van der Waals surface area contributed by atoms with Gasteiger partial charge in [-0.15, -0.1) is 0 Å². The van der Waals surface area contributed by atoms with Crippen molar-refractivity contribution in [2.24, 2.45) is 0 Å². The van der Waals surface area contributed by atoms with Gasteiger partial charge in [0.05, 0.1) is 36.6 Å². The van der Waals surface area contributed by atoms with Gasteiger partial charge in [-0.05, 0) is 18.2 Å². The largest absolute Gasteiger partial charge is 0.496 e. The van der Waals surface area contributed by atoms with Crippen LogP contribution < -0.4 is 15.8 Å². The standard InChI is InChI=1S/C17H24ClN3O3S/c1-23-15-9-14(19)13(18)8-12(15)16(22)20-10-17(2-7-25-11-17)21-3-5-24-6-4-21/h8-9H,2-7,10-11,19H2,1H3,(H,20,22). The van der Waals surface area contributed by atoms with Gasteiger partial charge in [0.1, 0.15) is 5.75 Å². The number of halogens is 1. The minimum atomic E-state index is -0.191. The van der Waals surface area contributed by atoms with Gasteiger partial charge in [-0.25, -0.2) is 0 Å². The summed E-state index contributed by atoms with van der Waals surface area (Å²) in [5, 5.41) is 3.44. The summed E-state index contributed by atoms with van der Waals surface area (Å²) in [4.78, 5) is 15.2. The van der Waals surface area contributed by atoms with Gasteiger partial charge in [0.25, 0.3) is 5.91 Å². The second-order valence-electron chi connectivity index (χ2n) is 6.38. The Kier molecular flexibility index (Phi) is 5.99. The smallest absolute Gasteiger partial charge is 0.255 e. The SMILES string of the molecule is COc1cc(N)c(Cl)cc1C(=O)NCC1(N2CCOCC2)CCSC1. The molecule has 1 atom stereocenters. The minimum absolute atomic E-state index is 0.00502. The summed E-state index contributed by atoms with van der Waals surface area (Å²) in [6.07, 6.45) is 1.07. The second-order valence-corrected chi connectivity index (χ2v) is 7.90. The second kappa shape index (κ2) is 8.03. The summed E-state index contributed by atoms with van der Waals surface area (Å²) < 4.78 is 10.8. The van der Waals surface area contributed by atoms with Crippen LogP contribution in [0, 0.1) is 0 Å². The predicted octanol–water partition coefficient (Wildman–Crippen LogP) is 1.87. The average molecular weight is 386 g/mol. The number of nitrogens with zero attached hydrogens (tertiary/aromatic N) is 1. The number of nitrogens with two attached hydrogens (primary N) is 1. The zero-order chi connectivity index (χ0) is 17.9. The molecule has 0 bridgehead atoms. The summed E-state index contributed by atoms with van der Waals surface area (Å²) in [6, 6.07) is 3.15. The predicted molar refractivity (Wildman–Crippen MR) is 102 cm³/mol. The van der Waals surface area contributed by atoms with Crippen LogP contribution in [0.5, 0.6) is 5.75 Å². The Morgan fingerprint density at radius 1 is 1.48 bits per heavy atom. The highest BCUT2D eigenvalue weighted by Gasteiger charge is 2.41. The van der Waals surface area contributed by atoms with Crippen LogP contribution in [0.2, 0.25) is 5.02 Å². The number of ether oxygens (including phenoxy) is 2. The van der Waals surface area contributed by atoms with Crippen LogP contribution in [-0.4, -0.2) is 67.8 Å². The fraction of sp³-hybridized carbons (Fsp3) is 0.588. The molecule has 3 N–H and O–H groups in total. The molecule has 2 saturated heterocycles. The van der Waals surface area contributed by atoms with Gasteiger partial charge in [-0.1, -0.05) is 11.6 Å². The molecular weight excluding hydrogens is 362 g/mol. The summed E-state index contributed by atoms with van der Waals surface area (Å²) >= 11 is 8.02. The van der Waals surface area contributed by atoms with E-state index in [1.165, 1.54) is 7.11 Å². The van der Waals surface area contributed by atoms with E-state index in [0.717, 1.165) is 44.2 Å². The monoisotopic (exact) mass is 385 g/mol. The zero-order valence-corrected chi connectivity index (χ0v) is 15.9. The maximum Gasteiger partial charge on any atom is 0.255 e. The maximum absolute atomic E-state index is 12.7. The highest BCUT2D eigenvalue weighted by molar-refractivity contribution is 7.99. The molecule has 0 saturated carbocycles. The fourth-order valence-corrected chi connectivity index (χ4v) is 5.03. The molecule has 6 nitrogen and oxygen atoms in total. The van der Waals surface area contributed by atoms with Crippen LogP contribution >= 0.6 is 23.4 Å². The fourth-order valence-electron chi connectivity index (χ4n) is 3.39. The Hall–Kier alpha value is -1.15. The van der Waals surface area contributed by atoms with Gasteiger partial charge < -0.3 is 20.5 Å². The molecule has 2 fully saturated rings. The van der Waals surface area contributed by atoms with Gasteiger partial charge in [-0.2, -0.15) is 11.8 Å². The first-order valence-corrected chi connectivity index (χ1v) is 9.91. The van der Waals surface area contributed by atoms with Crippen LogP contribution in [0.15, 0.2) is 12.1 Å². The van der Waals surface area contributed by atoms with E-state index in [4.69, 9.17) is 26.8 Å². The lowest BCUT2D eigenvalue weighted by molar-refractivity contribution is -0.0129. The van der Waals surface area contributed by atoms with Crippen molar-refractivity contribution in [1.29, 1.82) is 0 Å². The molecule has 0 spiro atoms. The molecule has 1 aromatic carbocycles. The third-order valence-corrected chi connectivity index (χ3v) is 6.47. The first-order chi connectivity index (χ1) is 12.1. The highest BCUT2D eigenvalue weighted by Crippen LogP contribution is 2.34. The molecule has 8 heteroatoms. The number of thioether (sulfide) groups is 1. The van der Waals surface area contributed by atoms with Crippen LogP contribution in [0.1, 0.15) is 16.8 Å². The molecule has 1 aromatic rings. The average Bonchev–Trinajstić information content (AvgIpc) is 3.12. The molecule has 1 amide bonds. The van der Waals surface area contributed by atoms with Crippen molar-refractivity contribution >= 4 is 35.0 Å². The Balaban J connectivity index is 1.73. The van der Waals surface area contributed by atoms with Crippen LogP contribution in [-0.2, 0) is 4.74 Å². The Morgan fingerprint density at radius 2 is 2.24 bits per heavy atom. The molecule has 138 valence electrons. The lowest BCUT2D eigenvalue weighted by atomic mass is 9.95. The van der Waals surface area contributed by atoms with E-state index in [1.54, 1.807) is 12.1 Å². The third kappa shape index (κ3) is 4.00. The molecule has 25 heavy (non-hydrogen) atoms. The van der Waals surface area contributed by atoms with Gasteiger partial charge in [-0.3, -0.25) is 9.69 Å². The highest BCUT2D eigenvalue weighted by atomic mass is 35.5. The van der Waals surface area contributed by atoms with E-state index in [1.807, 2.05) is 11.8 Å². The van der Waals surface area contributed by atoms with E-state index in [2.05, 4.69) is 10.2 Å². The van der Waals surface area contributed by atoms with Crippen molar-refractivity contribution in [1.82, 2.24) is 10.2 Å². The number of nitrogens with one attached hydrogen (secondary N) is 1. The topological polar surface area (TPSA) is 76.8 Å². The lowest BCUT2D eigenvalue weighted by Crippen LogP contribution is -2.59. The molecule has 2 aliphatic rings. The molecule has 2 heterocycles.